The Morgan fingerprint density at radius 3 is 2.77 bits per heavy atom. The molecule has 6 nitrogen and oxygen atoms in total. The van der Waals surface area contributed by atoms with Crippen LogP contribution in [0.5, 0.6) is 0 Å². The number of imidazole rings is 1. The van der Waals surface area contributed by atoms with Gasteiger partial charge in [0.1, 0.15) is 5.82 Å². The first kappa shape index (κ1) is 14.3. The van der Waals surface area contributed by atoms with Crippen LogP contribution < -0.4 is 11.0 Å². The molecule has 0 aliphatic rings. The minimum atomic E-state index is -0.127. The van der Waals surface area contributed by atoms with E-state index in [2.05, 4.69) is 29.1 Å². The van der Waals surface area contributed by atoms with Gasteiger partial charge in [-0.2, -0.15) is 0 Å². The maximum atomic E-state index is 12.4. The van der Waals surface area contributed by atoms with E-state index >= 15 is 0 Å². The van der Waals surface area contributed by atoms with Gasteiger partial charge in [0, 0.05) is 19.3 Å². The van der Waals surface area contributed by atoms with Gasteiger partial charge in [-0.05, 0) is 37.6 Å². The highest BCUT2D eigenvalue weighted by Gasteiger charge is 2.13. The SMILES string of the molecule is CCC(C)Nc1ccc(-n2c(=O)n(C)c3cccnc32)cn1. The van der Waals surface area contributed by atoms with Crippen LogP contribution in [0.1, 0.15) is 20.3 Å². The summed E-state index contributed by atoms with van der Waals surface area (Å²) in [5, 5.41) is 3.31. The molecule has 0 bridgehead atoms. The van der Waals surface area contributed by atoms with Gasteiger partial charge in [-0.15, -0.1) is 0 Å². The zero-order valence-corrected chi connectivity index (χ0v) is 12.9. The van der Waals surface area contributed by atoms with Gasteiger partial charge in [0.25, 0.3) is 0 Å². The van der Waals surface area contributed by atoms with Crippen LogP contribution in [0.4, 0.5) is 5.82 Å². The van der Waals surface area contributed by atoms with Gasteiger partial charge < -0.3 is 5.32 Å². The predicted molar refractivity (Wildman–Crippen MR) is 87.5 cm³/mol. The van der Waals surface area contributed by atoms with Gasteiger partial charge in [0.2, 0.25) is 0 Å². The average molecular weight is 297 g/mol. The van der Waals surface area contributed by atoms with E-state index in [9.17, 15) is 4.79 Å². The third kappa shape index (κ3) is 2.36. The van der Waals surface area contributed by atoms with Crippen LogP contribution in [0.15, 0.2) is 41.5 Å². The van der Waals surface area contributed by atoms with Crippen LogP contribution >= 0.6 is 0 Å². The van der Waals surface area contributed by atoms with Crippen molar-refractivity contribution in [3.8, 4) is 5.69 Å². The highest BCUT2D eigenvalue weighted by molar-refractivity contribution is 5.73. The van der Waals surface area contributed by atoms with Crippen molar-refractivity contribution in [1.82, 2.24) is 19.1 Å². The van der Waals surface area contributed by atoms with E-state index in [1.807, 2.05) is 24.3 Å². The van der Waals surface area contributed by atoms with Crippen LogP contribution in [-0.2, 0) is 7.05 Å². The fraction of sp³-hybridized carbons (Fsp3) is 0.312. The second-order valence-corrected chi connectivity index (χ2v) is 5.38. The number of aromatic nitrogens is 4. The molecule has 3 rings (SSSR count). The molecule has 3 heterocycles. The van der Waals surface area contributed by atoms with E-state index in [-0.39, 0.29) is 5.69 Å². The average Bonchev–Trinajstić information content (AvgIpc) is 2.80. The summed E-state index contributed by atoms with van der Waals surface area (Å²) in [5.74, 6) is 0.805. The van der Waals surface area contributed by atoms with Crippen molar-refractivity contribution < 1.29 is 0 Å². The third-order valence-electron chi connectivity index (χ3n) is 3.83. The van der Waals surface area contributed by atoms with Crippen LogP contribution in [0.25, 0.3) is 16.9 Å². The molecule has 1 atom stereocenters. The van der Waals surface area contributed by atoms with Crippen molar-refractivity contribution in [2.24, 2.45) is 7.05 Å². The molecule has 6 heteroatoms. The summed E-state index contributed by atoms with van der Waals surface area (Å²) in [6.07, 6.45) is 4.40. The lowest BCUT2D eigenvalue weighted by atomic mass is 10.2. The minimum Gasteiger partial charge on any atom is -0.368 e. The Balaban J connectivity index is 2.05. The van der Waals surface area contributed by atoms with Gasteiger partial charge >= 0.3 is 5.69 Å². The Kier molecular flexibility index (Phi) is 3.66. The Hall–Kier alpha value is -2.63. The first-order valence-electron chi connectivity index (χ1n) is 7.37. The van der Waals surface area contributed by atoms with Gasteiger partial charge in [-0.25, -0.2) is 19.3 Å². The number of anilines is 1. The van der Waals surface area contributed by atoms with E-state index in [1.165, 1.54) is 0 Å². The molecule has 0 saturated heterocycles. The number of hydrogen-bond acceptors (Lipinski definition) is 4. The summed E-state index contributed by atoms with van der Waals surface area (Å²) in [6, 6.07) is 7.83. The van der Waals surface area contributed by atoms with Crippen molar-refractivity contribution in [2.75, 3.05) is 5.32 Å². The van der Waals surface area contributed by atoms with Gasteiger partial charge in [-0.1, -0.05) is 6.92 Å². The molecule has 0 fully saturated rings. The third-order valence-corrected chi connectivity index (χ3v) is 3.83. The quantitative estimate of drug-likeness (QED) is 0.802. The maximum absolute atomic E-state index is 12.4. The van der Waals surface area contributed by atoms with Crippen molar-refractivity contribution in [3.63, 3.8) is 0 Å². The molecule has 114 valence electrons. The first-order valence-corrected chi connectivity index (χ1v) is 7.37. The zero-order chi connectivity index (χ0) is 15.7. The number of rotatable bonds is 4. The zero-order valence-electron chi connectivity index (χ0n) is 12.9. The van der Waals surface area contributed by atoms with Crippen LogP contribution in [-0.4, -0.2) is 25.1 Å². The lowest BCUT2D eigenvalue weighted by Gasteiger charge is -2.12. The fourth-order valence-electron chi connectivity index (χ4n) is 2.36. The van der Waals surface area contributed by atoms with Gasteiger partial charge in [-0.3, -0.25) is 4.57 Å². The molecule has 0 aliphatic heterocycles. The highest BCUT2D eigenvalue weighted by atomic mass is 16.1. The highest BCUT2D eigenvalue weighted by Crippen LogP contribution is 2.15. The smallest absolute Gasteiger partial charge is 0.334 e. The molecule has 0 saturated carbocycles. The van der Waals surface area contributed by atoms with Crippen molar-refractivity contribution in [2.45, 2.75) is 26.3 Å². The normalized spacial score (nSPS) is 12.5. The lowest BCUT2D eigenvalue weighted by Crippen LogP contribution is -2.21. The van der Waals surface area contributed by atoms with E-state index in [4.69, 9.17) is 0 Å². The van der Waals surface area contributed by atoms with E-state index in [0.29, 0.717) is 17.4 Å². The van der Waals surface area contributed by atoms with Crippen LogP contribution in [0, 0.1) is 0 Å². The van der Waals surface area contributed by atoms with Gasteiger partial charge in [0.05, 0.1) is 17.4 Å². The van der Waals surface area contributed by atoms with Crippen LogP contribution in [0.2, 0.25) is 0 Å². The molecule has 0 spiro atoms. The largest absolute Gasteiger partial charge is 0.368 e. The number of pyridine rings is 2. The molecule has 22 heavy (non-hydrogen) atoms. The summed E-state index contributed by atoms with van der Waals surface area (Å²) >= 11 is 0. The predicted octanol–water partition coefficient (Wildman–Crippen LogP) is 2.33. The number of aryl methyl sites for hydroxylation is 1. The molecular formula is C16H19N5O. The number of hydrogen-bond donors (Lipinski definition) is 1. The summed E-state index contributed by atoms with van der Waals surface area (Å²) in [6.45, 7) is 4.22. The molecule has 0 aliphatic carbocycles. The summed E-state index contributed by atoms with van der Waals surface area (Å²) < 4.78 is 3.17. The Labute approximate surface area is 128 Å². The molecule has 3 aromatic heterocycles. The summed E-state index contributed by atoms with van der Waals surface area (Å²) in [5.41, 5.74) is 2.02. The van der Waals surface area contributed by atoms with Crippen molar-refractivity contribution in [1.29, 1.82) is 0 Å². The Morgan fingerprint density at radius 1 is 1.27 bits per heavy atom. The molecule has 0 radical (unpaired) electrons. The van der Waals surface area contributed by atoms with E-state index < -0.39 is 0 Å². The molecule has 1 N–H and O–H groups in total. The van der Waals surface area contributed by atoms with Crippen molar-refractivity contribution >= 4 is 17.0 Å². The second kappa shape index (κ2) is 5.63. The number of fused-ring (bicyclic) bond motifs is 1. The van der Waals surface area contributed by atoms with E-state index in [1.54, 1.807) is 28.6 Å². The summed E-state index contributed by atoms with van der Waals surface area (Å²) in [4.78, 5) is 21.2. The topological polar surface area (TPSA) is 64.7 Å². The second-order valence-electron chi connectivity index (χ2n) is 5.38. The number of nitrogens with zero attached hydrogens (tertiary/aromatic N) is 4. The van der Waals surface area contributed by atoms with E-state index in [0.717, 1.165) is 17.8 Å². The molecule has 3 aromatic rings. The standard InChI is InChI=1S/C16H19N5O/c1-4-11(2)19-14-8-7-12(10-18-14)21-15-13(6-5-9-17-15)20(3)16(21)22/h5-11H,4H2,1-3H3,(H,18,19). The lowest BCUT2D eigenvalue weighted by molar-refractivity contribution is 0.759. The Morgan fingerprint density at radius 2 is 2.09 bits per heavy atom. The van der Waals surface area contributed by atoms with Crippen LogP contribution in [0.3, 0.4) is 0 Å². The first-order chi connectivity index (χ1) is 10.6. The molecular weight excluding hydrogens is 278 g/mol. The maximum Gasteiger partial charge on any atom is 0.334 e. The molecule has 0 aromatic carbocycles. The van der Waals surface area contributed by atoms with Crippen molar-refractivity contribution in [3.05, 3.63) is 47.1 Å². The summed E-state index contributed by atoms with van der Waals surface area (Å²) in [7, 11) is 1.75. The molecule has 1 unspecified atom stereocenters. The minimum absolute atomic E-state index is 0.127. The monoisotopic (exact) mass is 297 g/mol. The molecule has 0 amide bonds. The fourth-order valence-corrected chi connectivity index (χ4v) is 2.36. The van der Waals surface area contributed by atoms with Gasteiger partial charge in [0.15, 0.2) is 5.65 Å². The number of nitrogens with one attached hydrogen (secondary N) is 1. The Bertz CT molecular complexity index is 847.